The van der Waals surface area contributed by atoms with Crippen LogP contribution in [-0.4, -0.2) is 12.5 Å². The zero-order valence-electron chi connectivity index (χ0n) is 13.2. The molecule has 1 amide bonds. The van der Waals surface area contributed by atoms with Crippen LogP contribution < -0.4 is 10.1 Å². The average molecular weight is 495 g/mol. The summed E-state index contributed by atoms with van der Waals surface area (Å²) in [6, 6.07) is 12.0. The Morgan fingerprint density at radius 3 is 2.58 bits per heavy atom. The van der Waals surface area contributed by atoms with E-state index < -0.39 is 5.91 Å². The molecule has 130 valence electrons. The van der Waals surface area contributed by atoms with Crippen molar-refractivity contribution in [2.45, 2.75) is 0 Å². The van der Waals surface area contributed by atoms with Gasteiger partial charge in [0.15, 0.2) is 0 Å². The van der Waals surface area contributed by atoms with Gasteiger partial charge in [-0.05, 0) is 73.8 Å². The second-order valence-electron chi connectivity index (χ2n) is 4.94. The summed E-state index contributed by atoms with van der Waals surface area (Å²) in [5.41, 5.74) is 1.08. The van der Waals surface area contributed by atoms with Crippen LogP contribution in [0.1, 0.15) is 5.56 Å². The van der Waals surface area contributed by atoms with Crippen LogP contribution in [0.5, 0.6) is 5.75 Å². The number of amides is 1. The van der Waals surface area contributed by atoms with Crippen molar-refractivity contribution in [2.24, 2.45) is 0 Å². The molecule has 2 rings (SSSR count). The zero-order chi connectivity index (χ0) is 19.1. The van der Waals surface area contributed by atoms with E-state index in [1.807, 2.05) is 6.07 Å². The molecule has 1 N–H and O–H groups in total. The summed E-state index contributed by atoms with van der Waals surface area (Å²) in [5, 5.41) is 12.4. The number of terminal acetylenes is 1. The van der Waals surface area contributed by atoms with Crippen LogP contribution in [-0.2, 0) is 4.79 Å². The quantitative estimate of drug-likeness (QED) is 0.343. The molecule has 0 saturated carbocycles. The van der Waals surface area contributed by atoms with Gasteiger partial charge < -0.3 is 10.1 Å². The first kappa shape index (κ1) is 20.1. The highest BCUT2D eigenvalue weighted by Crippen LogP contribution is 2.35. The third kappa shape index (κ3) is 5.37. The van der Waals surface area contributed by atoms with Gasteiger partial charge in [-0.3, -0.25) is 4.79 Å². The molecule has 0 unspecified atom stereocenters. The van der Waals surface area contributed by atoms with Crippen molar-refractivity contribution in [3.63, 3.8) is 0 Å². The summed E-state index contributed by atoms with van der Waals surface area (Å²) in [6.45, 7) is 0.123. The predicted octanol–water partition coefficient (Wildman–Crippen LogP) is 5.42. The monoisotopic (exact) mass is 492 g/mol. The van der Waals surface area contributed by atoms with Crippen LogP contribution >= 0.6 is 43.5 Å². The number of halogens is 3. The van der Waals surface area contributed by atoms with Gasteiger partial charge >= 0.3 is 0 Å². The lowest BCUT2D eigenvalue weighted by atomic mass is 10.1. The Bertz CT molecular complexity index is 936. The van der Waals surface area contributed by atoms with E-state index in [1.54, 1.807) is 36.4 Å². The highest BCUT2D eigenvalue weighted by molar-refractivity contribution is 9.11. The fraction of sp³-hybridized carbons (Fsp3) is 0.0526. The first-order chi connectivity index (χ1) is 12.4. The molecule has 7 heteroatoms. The predicted molar refractivity (Wildman–Crippen MR) is 110 cm³/mol. The molecule has 0 spiro atoms. The molecule has 0 atom stereocenters. The fourth-order valence-corrected chi connectivity index (χ4v) is 3.64. The van der Waals surface area contributed by atoms with Gasteiger partial charge in [-0.15, -0.1) is 6.42 Å². The van der Waals surface area contributed by atoms with Gasteiger partial charge in [0.25, 0.3) is 5.91 Å². The van der Waals surface area contributed by atoms with Gasteiger partial charge in [0.2, 0.25) is 0 Å². The van der Waals surface area contributed by atoms with Crippen LogP contribution in [0, 0.1) is 23.7 Å². The van der Waals surface area contributed by atoms with E-state index in [4.69, 9.17) is 22.8 Å². The fourth-order valence-electron chi connectivity index (χ4n) is 1.99. The van der Waals surface area contributed by atoms with E-state index in [1.165, 1.54) is 6.08 Å². The van der Waals surface area contributed by atoms with Crippen molar-refractivity contribution in [2.75, 3.05) is 11.9 Å². The van der Waals surface area contributed by atoms with Gasteiger partial charge in [0.1, 0.15) is 24.0 Å². The van der Waals surface area contributed by atoms with E-state index in [9.17, 15) is 10.1 Å². The zero-order valence-corrected chi connectivity index (χ0v) is 17.2. The first-order valence-electron chi connectivity index (χ1n) is 7.18. The van der Waals surface area contributed by atoms with E-state index in [0.717, 1.165) is 0 Å². The molecule has 0 bridgehead atoms. The standard InChI is InChI=1S/C19H11Br2ClN2O2/c1-2-6-26-18-16(20)8-12(9-17(18)21)7-13(11-23)19(25)24-15-5-3-4-14(22)10-15/h1,3-5,7-10H,6H2,(H,24,25)/b13-7+. The van der Waals surface area contributed by atoms with Crippen LogP contribution in [0.25, 0.3) is 6.08 Å². The number of rotatable bonds is 5. The molecule has 2 aromatic carbocycles. The summed E-state index contributed by atoms with van der Waals surface area (Å²) in [5.74, 6) is 2.40. The van der Waals surface area contributed by atoms with Crippen LogP contribution in [0.15, 0.2) is 50.9 Å². The minimum atomic E-state index is -0.533. The number of benzene rings is 2. The van der Waals surface area contributed by atoms with E-state index >= 15 is 0 Å². The van der Waals surface area contributed by atoms with Crippen molar-refractivity contribution in [3.8, 4) is 24.2 Å². The summed E-state index contributed by atoms with van der Waals surface area (Å²) < 4.78 is 6.71. The molecule has 0 heterocycles. The maximum Gasteiger partial charge on any atom is 0.266 e. The molecule has 2 aromatic rings. The first-order valence-corrected chi connectivity index (χ1v) is 9.15. The SMILES string of the molecule is C#CCOc1c(Br)cc(/C=C(\C#N)C(=O)Nc2cccc(Cl)c2)cc1Br. The lowest BCUT2D eigenvalue weighted by molar-refractivity contribution is -0.112. The van der Waals surface area contributed by atoms with Gasteiger partial charge in [-0.25, -0.2) is 0 Å². The van der Waals surface area contributed by atoms with Crippen LogP contribution in [0.3, 0.4) is 0 Å². The largest absolute Gasteiger partial charge is 0.479 e. The molecule has 26 heavy (non-hydrogen) atoms. The summed E-state index contributed by atoms with van der Waals surface area (Å²) in [4.78, 5) is 12.3. The van der Waals surface area contributed by atoms with E-state index in [-0.39, 0.29) is 12.2 Å². The van der Waals surface area contributed by atoms with Crippen molar-refractivity contribution >= 4 is 61.1 Å². The lowest BCUT2D eigenvalue weighted by Crippen LogP contribution is -2.13. The maximum atomic E-state index is 12.3. The Balaban J connectivity index is 2.27. The highest BCUT2D eigenvalue weighted by Gasteiger charge is 2.12. The number of nitrogens with zero attached hydrogens (tertiary/aromatic N) is 1. The Kier molecular flexibility index (Phi) is 7.29. The second-order valence-corrected chi connectivity index (χ2v) is 7.09. The number of ether oxygens (including phenoxy) is 1. The van der Waals surface area contributed by atoms with Crippen molar-refractivity contribution in [3.05, 3.63) is 61.5 Å². The molecule has 0 saturated heterocycles. The smallest absolute Gasteiger partial charge is 0.266 e. The molecule has 4 nitrogen and oxygen atoms in total. The van der Waals surface area contributed by atoms with E-state index in [0.29, 0.717) is 31.0 Å². The number of hydrogen-bond donors (Lipinski definition) is 1. The van der Waals surface area contributed by atoms with Crippen molar-refractivity contribution < 1.29 is 9.53 Å². The van der Waals surface area contributed by atoms with E-state index in [2.05, 4.69) is 43.1 Å². The number of carbonyl (C=O) groups is 1. The molecular weight excluding hydrogens is 483 g/mol. The second kappa shape index (κ2) is 9.45. The number of anilines is 1. The number of carbonyl (C=O) groups excluding carboxylic acids is 1. The van der Waals surface area contributed by atoms with Gasteiger partial charge in [-0.1, -0.05) is 23.6 Å². The normalized spacial score (nSPS) is 10.6. The van der Waals surface area contributed by atoms with Gasteiger partial charge in [0.05, 0.1) is 8.95 Å². The molecule has 0 fully saturated rings. The summed E-state index contributed by atoms with van der Waals surface area (Å²) >= 11 is 12.7. The van der Waals surface area contributed by atoms with Gasteiger partial charge in [0, 0.05) is 10.7 Å². The molecule has 0 aromatic heterocycles. The Labute approximate surface area is 173 Å². The number of hydrogen-bond acceptors (Lipinski definition) is 3. The molecule has 0 radical (unpaired) electrons. The lowest BCUT2D eigenvalue weighted by Gasteiger charge is -2.09. The van der Waals surface area contributed by atoms with Crippen molar-refractivity contribution in [1.82, 2.24) is 0 Å². The number of nitrogens with one attached hydrogen (secondary N) is 1. The molecule has 0 aliphatic heterocycles. The van der Waals surface area contributed by atoms with Crippen LogP contribution in [0.2, 0.25) is 5.02 Å². The summed E-state index contributed by atoms with van der Waals surface area (Å²) in [6.07, 6.45) is 6.66. The highest BCUT2D eigenvalue weighted by atomic mass is 79.9. The molecular formula is C19H11Br2ClN2O2. The molecule has 0 aliphatic rings. The van der Waals surface area contributed by atoms with Crippen molar-refractivity contribution in [1.29, 1.82) is 5.26 Å². The Morgan fingerprint density at radius 1 is 1.31 bits per heavy atom. The van der Waals surface area contributed by atoms with Gasteiger partial charge in [-0.2, -0.15) is 5.26 Å². The maximum absolute atomic E-state index is 12.3. The number of nitriles is 1. The minimum absolute atomic E-state index is 0.0546. The molecule has 0 aliphatic carbocycles. The summed E-state index contributed by atoms with van der Waals surface area (Å²) in [7, 11) is 0. The topological polar surface area (TPSA) is 62.1 Å². The average Bonchev–Trinajstić information content (AvgIpc) is 2.59. The minimum Gasteiger partial charge on any atom is -0.479 e. The van der Waals surface area contributed by atoms with Crippen LogP contribution in [0.4, 0.5) is 5.69 Å². The third-order valence-electron chi connectivity index (χ3n) is 3.08. The third-order valence-corrected chi connectivity index (χ3v) is 4.49. The Hall–Kier alpha value is -2.25. The Morgan fingerprint density at radius 2 is 2.00 bits per heavy atom.